The highest BCUT2D eigenvalue weighted by Crippen LogP contribution is 2.20. The van der Waals surface area contributed by atoms with Crippen molar-refractivity contribution in [3.05, 3.63) is 28.8 Å². The summed E-state index contributed by atoms with van der Waals surface area (Å²) < 4.78 is 0. The number of anilines is 1. The SMILES string of the molecule is Cc1cc(C)c(NC(=O)C(C)O)cc1C. The standard InChI is InChI=1S/C12H17NO2/c1-7-5-9(3)11(6-8(7)2)13-12(15)10(4)14/h5-6,10,14H,1-4H3,(H,13,15). The van der Waals surface area contributed by atoms with Crippen molar-refractivity contribution in [2.75, 3.05) is 5.32 Å². The number of carbonyl (C=O) groups is 1. The molecule has 1 aromatic rings. The van der Waals surface area contributed by atoms with Gasteiger partial charge in [-0.2, -0.15) is 0 Å². The first-order chi connectivity index (χ1) is 6.91. The fraction of sp³-hybridized carbons (Fsp3) is 0.417. The van der Waals surface area contributed by atoms with Crippen LogP contribution in [0.4, 0.5) is 5.69 Å². The van der Waals surface area contributed by atoms with E-state index >= 15 is 0 Å². The lowest BCUT2D eigenvalue weighted by Crippen LogP contribution is -2.24. The van der Waals surface area contributed by atoms with Crippen molar-refractivity contribution in [2.45, 2.75) is 33.8 Å². The number of nitrogens with one attached hydrogen (secondary N) is 1. The average molecular weight is 207 g/mol. The van der Waals surface area contributed by atoms with Gasteiger partial charge < -0.3 is 10.4 Å². The predicted octanol–water partition coefficient (Wildman–Crippen LogP) is 1.93. The number of amides is 1. The number of carbonyl (C=O) groups excluding carboxylic acids is 1. The summed E-state index contributed by atoms with van der Waals surface area (Å²) in [6, 6.07) is 3.94. The molecule has 1 atom stereocenters. The Morgan fingerprint density at radius 2 is 1.73 bits per heavy atom. The average Bonchev–Trinajstić information content (AvgIpc) is 2.13. The van der Waals surface area contributed by atoms with E-state index in [1.54, 1.807) is 0 Å². The van der Waals surface area contributed by atoms with Gasteiger partial charge in [-0.05, 0) is 50.5 Å². The van der Waals surface area contributed by atoms with Gasteiger partial charge in [0, 0.05) is 5.69 Å². The smallest absolute Gasteiger partial charge is 0.252 e. The monoisotopic (exact) mass is 207 g/mol. The van der Waals surface area contributed by atoms with Crippen LogP contribution in [0.5, 0.6) is 0 Å². The number of benzene rings is 1. The third kappa shape index (κ3) is 2.80. The summed E-state index contributed by atoms with van der Waals surface area (Å²) in [4.78, 5) is 11.3. The molecule has 1 aromatic carbocycles. The van der Waals surface area contributed by atoms with Crippen LogP contribution in [0.15, 0.2) is 12.1 Å². The first-order valence-electron chi connectivity index (χ1n) is 4.98. The Balaban J connectivity index is 2.96. The summed E-state index contributed by atoms with van der Waals surface area (Å²) in [6.07, 6.45) is -0.981. The van der Waals surface area contributed by atoms with Crippen molar-refractivity contribution in [1.29, 1.82) is 0 Å². The third-order valence-electron chi connectivity index (χ3n) is 2.48. The molecule has 0 radical (unpaired) electrons. The minimum atomic E-state index is -0.981. The lowest BCUT2D eigenvalue weighted by molar-refractivity contribution is -0.123. The van der Waals surface area contributed by atoms with E-state index < -0.39 is 6.10 Å². The molecule has 3 nitrogen and oxygen atoms in total. The Labute approximate surface area is 90.1 Å². The number of aliphatic hydroxyl groups excluding tert-OH is 1. The molecule has 0 bridgehead atoms. The van der Waals surface area contributed by atoms with E-state index in [0.717, 1.165) is 16.8 Å². The van der Waals surface area contributed by atoms with Gasteiger partial charge in [0.15, 0.2) is 0 Å². The van der Waals surface area contributed by atoms with Crippen LogP contribution >= 0.6 is 0 Å². The minimum Gasteiger partial charge on any atom is -0.384 e. The molecule has 2 N–H and O–H groups in total. The molecule has 0 aromatic heterocycles. The molecule has 0 heterocycles. The molecular weight excluding hydrogens is 190 g/mol. The van der Waals surface area contributed by atoms with E-state index in [-0.39, 0.29) is 5.91 Å². The Morgan fingerprint density at radius 3 is 2.27 bits per heavy atom. The second kappa shape index (κ2) is 4.45. The van der Waals surface area contributed by atoms with Gasteiger partial charge in [-0.3, -0.25) is 4.79 Å². The van der Waals surface area contributed by atoms with E-state index in [9.17, 15) is 4.79 Å². The molecule has 1 amide bonds. The van der Waals surface area contributed by atoms with Crippen LogP contribution in [0.25, 0.3) is 0 Å². The van der Waals surface area contributed by atoms with Crippen LogP contribution in [0.3, 0.4) is 0 Å². The summed E-state index contributed by atoms with van der Waals surface area (Å²) >= 11 is 0. The summed E-state index contributed by atoms with van der Waals surface area (Å²) in [5.74, 6) is -0.374. The minimum absolute atomic E-state index is 0.374. The molecule has 1 unspecified atom stereocenters. The topological polar surface area (TPSA) is 49.3 Å². The normalized spacial score (nSPS) is 12.3. The zero-order valence-electron chi connectivity index (χ0n) is 9.59. The Hall–Kier alpha value is -1.35. The maximum absolute atomic E-state index is 11.3. The number of rotatable bonds is 2. The fourth-order valence-corrected chi connectivity index (χ4v) is 1.33. The van der Waals surface area contributed by atoms with Gasteiger partial charge in [-0.15, -0.1) is 0 Å². The molecule has 0 saturated carbocycles. The van der Waals surface area contributed by atoms with Gasteiger partial charge in [0.1, 0.15) is 6.10 Å². The van der Waals surface area contributed by atoms with E-state index in [0.29, 0.717) is 0 Å². The van der Waals surface area contributed by atoms with Crippen LogP contribution in [0, 0.1) is 20.8 Å². The maximum atomic E-state index is 11.3. The molecule has 82 valence electrons. The highest BCUT2D eigenvalue weighted by atomic mass is 16.3. The van der Waals surface area contributed by atoms with Crippen LogP contribution < -0.4 is 5.32 Å². The Kier molecular flexibility index (Phi) is 3.48. The first kappa shape index (κ1) is 11.7. The first-order valence-corrected chi connectivity index (χ1v) is 4.98. The summed E-state index contributed by atoms with van der Waals surface area (Å²) in [6.45, 7) is 7.41. The second-order valence-electron chi connectivity index (χ2n) is 3.92. The second-order valence-corrected chi connectivity index (χ2v) is 3.92. The Morgan fingerprint density at radius 1 is 1.20 bits per heavy atom. The van der Waals surface area contributed by atoms with Gasteiger partial charge in [-0.1, -0.05) is 6.07 Å². The number of hydrogen-bond donors (Lipinski definition) is 2. The van der Waals surface area contributed by atoms with Crippen LogP contribution in [-0.4, -0.2) is 17.1 Å². The van der Waals surface area contributed by atoms with E-state index in [2.05, 4.69) is 5.32 Å². The van der Waals surface area contributed by atoms with Crippen molar-refractivity contribution >= 4 is 11.6 Å². The van der Waals surface area contributed by atoms with Gasteiger partial charge in [0.05, 0.1) is 0 Å². The van der Waals surface area contributed by atoms with Crippen molar-refractivity contribution in [1.82, 2.24) is 0 Å². The van der Waals surface area contributed by atoms with Gasteiger partial charge in [0.25, 0.3) is 5.91 Å². The largest absolute Gasteiger partial charge is 0.384 e. The molecule has 0 aliphatic carbocycles. The highest BCUT2D eigenvalue weighted by Gasteiger charge is 2.10. The van der Waals surface area contributed by atoms with Crippen LogP contribution in [-0.2, 0) is 4.79 Å². The van der Waals surface area contributed by atoms with Gasteiger partial charge in [0.2, 0.25) is 0 Å². The number of aryl methyl sites for hydroxylation is 3. The van der Waals surface area contributed by atoms with Crippen molar-refractivity contribution in [3.8, 4) is 0 Å². The van der Waals surface area contributed by atoms with E-state index in [4.69, 9.17) is 5.11 Å². The molecule has 0 spiro atoms. The lowest BCUT2D eigenvalue weighted by Gasteiger charge is -2.12. The summed E-state index contributed by atoms with van der Waals surface area (Å²) in [5, 5.41) is 11.8. The van der Waals surface area contributed by atoms with E-state index in [1.807, 2.05) is 32.9 Å². The summed E-state index contributed by atoms with van der Waals surface area (Å²) in [5.41, 5.74) is 4.10. The van der Waals surface area contributed by atoms with Crippen molar-refractivity contribution in [2.24, 2.45) is 0 Å². The third-order valence-corrected chi connectivity index (χ3v) is 2.48. The summed E-state index contributed by atoms with van der Waals surface area (Å²) in [7, 11) is 0. The maximum Gasteiger partial charge on any atom is 0.252 e. The lowest BCUT2D eigenvalue weighted by atomic mass is 10.0. The highest BCUT2D eigenvalue weighted by molar-refractivity contribution is 5.94. The molecule has 3 heteroatoms. The van der Waals surface area contributed by atoms with Gasteiger partial charge in [-0.25, -0.2) is 0 Å². The van der Waals surface area contributed by atoms with Crippen molar-refractivity contribution in [3.63, 3.8) is 0 Å². The van der Waals surface area contributed by atoms with Crippen LogP contribution in [0.2, 0.25) is 0 Å². The fourth-order valence-electron chi connectivity index (χ4n) is 1.33. The predicted molar refractivity (Wildman–Crippen MR) is 61.0 cm³/mol. The zero-order chi connectivity index (χ0) is 11.6. The molecule has 0 saturated heterocycles. The quantitative estimate of drug-likeness (QED) is 0.778. The molecule has 0 aliphatic rings. The molecule has 0 aliphatic heterocycles. The number of hydrogen-bond acceptors (Lipinski definition) is 2. The number of aliphatic hydroxyl groups is 1. The van der Waals surface area contributed by atoms with E-state index in [1.165, 1.54) is 12.5 Å². The zero-order valence-corrected chi connectivity index (χ0v) is 9.59. The molecular formula is C12H17NO2. The molecule has 0 fully saturated rings. The van der Waals surface area contributed by atoms with Gasteiger partial charge >= 0.3 is 0 Å². The molecule has 15 heavy (non-hydrogen) atoms. The molecule has 1 rings (SSSR count). The Bertz CT molecular complexity index is 383. The van der Waals surface area contributed by atoms with Crippen LogP contribution in [0.1, 0.15) is 23.6 Å². The van der Waals surface area contributed by atoms with Crippen molar-refractivity contribution < 1.29 is 9.90 Å².